The Morgan fingerprint density at radius 3 is 1.94 bits per heavy atom. The molecule has 0 aromatic carbocycles. The summed E-state index contributed by atoms with van der Waals surface area (Å²) in [6, 6.07) is 0. The Labute approximate surface area is 102 Å². The first-order valence-corrected chi connectivity index (χ1v) is 6.24. The first-order valence-electron chi connectivity index (χ1n) is 6.24. The number of nitrogens with zero attached hydrogens (tertiary/aromatic N) is 3. The zero-order chi connectivity index (χ0) is 12.8. The van der Waals surface area contributed by atoms with Crippen LogP contribution in [0.1, 0.15) is 57.8 Å². The predicted molar refractivity (Wildman–Crippen MR) is 66.3 cm³/mol. The van der Waals surface area contributed by atoms with Gasteiger partial charge in [-0.15, -0.1) is 4.91 Å². The maximum Gasteiger partial charge on any atom is 0.286 e. The summed E-state index contributed by atoms with van der Waals surface area (Å²) in [5.41, 5.74) is 0. The Hall–Kier alpha value is -1.33. The molecule has 0 aliphatic rings. The van der Waals surface area contributed by atoms with Crippen molar-refractivity contribution in [2.45, 2.75) is 57.8 Å². The van der Waals surface area contributed by atoms with Gasteiger partial charge in [-0.05, 0) is 12.8 Å². The summed E-state index contributed by atoms with van der Waals surface area (Å²) in [5.74, 6) is 4.35. The first-order chi connectivity index (χ1) is 8.31. The van der Waals surface area contributed by atoms with Crippen LogP contribution in [0.5, 0.6) is 0 Å². The number of unbranched alkanes of at least 4 members (excludes halogenated alkanes) is 7. The highest BCUT2D eigenvalue weighted by Crippen LogP contribution is 2.10. The van der Waals surface area contributed by atoms with Gasteiger partial charge in [0.2, 0.25) is 0 Å². The summed E-state index contributed by atoms with van der Waals surface area (Å²) in [4.78, 5) is 20.4. The van der Waals surface area contributed by atoms with E-state index in [2.05, 4.69) is 15.5 Å². The maximum atomic E-state index is 10.6. The summed E-state index contributed by atoms with van der Waals surface area (Å²) in [6.45, 7) is 0.720. The van der Waals surface area contributed by atoms with Gasteiger partial charge in [-0.2, -0.15) is 5.11 Å². The molecule has 0 saturated carbocycles. The van der Waals surface area contributed by atoms with Crippen LogP contribution in [0.3, 0.4) is 0 Å². The van der Waals surface area contributed by atoms with E-state index in [1.807, 2.05) is 0 Å². The number of nitrogens with two attached hydrogens (primary N) is 1. The molecular weight excluding hydrogens is 220 g/mol. The Bertz CT molecular complexity index is 232. The quantitative estimate of drug-likeness (QED) is 0.198. The van der Waals surface area contributed by atoms with Crippen LogP contribution in [0.4, 0.5) is 0 Å². The molecule has 6 heteroatoms. The van der Waals surface area contributed by atoms with Gasteiger partial charge in [0.05, 0.1) is 6.54 Å². The average Bonchev–Trinajstić information content (AvgIpc) is 2.35. The Morgan fingerprint density at radius 2 is 1.41 bits per heavy atom. The molecule has 17 heavy (non-hydrogen) atoms. The van der Waals surface area contributed by atoms with Crippen molar-refractivity contribution in [1.29, 1.82) is 0 Å². The summed E-state index contributed by atoms with van der Waals surface area (Å²) in [6.07, 6.45) is 8.99. The largest absolute Gasteiger partial charge is 0.305 e. The summed E-state index contributed by atoms with van der Waals surface area (Å²) >= 11 is 0. The molecule has 2 N–H and O–H groups in total. The fourth-order valence-electron chi connectivity index (χ4n) is 1.62. The van der Waals surface area contributed by atoms with Crippen LogP contribution >= 0.6 is 0 Å². The van der Waals surface area contributed by atoms with E-state index < -0.39 is 5.91 Å². The van der Waals surface area contributed by atoms with Crippen molar-refractivity contribution in [3.8, 4) is 0 Å². The first kappa shape index (κ1) is 15.7. The van der Waals surface area contributed by atoms with Crippen LogP contribution in [0.25, 0.3) is 0 Å². The Balaban J connectivity index is 3.03. The normalized spacial score (nSPS) is 10.8. The smallest absolute Gasteiger partial charge is 0.286 e. The van der Waals surface area contributed by atoms with Gasteiger partial charge in [0, 0.05) is 11.6 Å². The molecule has 0 aliphatic carbocycles. The minimum atomic E-state index is -0.529. The highest BCUT2D eigenvalue weighted by Gasteiger charge is 1.99. The topological polar surface area (TPSA) is 97.2 Å². The molecule has 0 saturated heterocycles. The zero-order valence-corrected chi connectivity index (χ0v) is 10.3. The highest BCUT2D eigenvalue weighted by atomic mass is 16.3. The van der Waals surface area contributed by atoms with E-state index in [0.29, 0.717) is 6.42 Å². The highest BCUT2D eigenvalue weighted by molar-refractivity contribution is 5.76. The third-order valence-electron chi connectivity index (χ3n) is 2.58. The fraction of sp³-hybridized carbons (Fsp3) is 0.909. The van der Waals surface area contributed by atoms with E-state index in [-0.39, 0.29) is 0 Å². The van der Waals surface area contributed by atoms with Crippen molar-refractivity contribution in [2.24, 2.45) is 21.4 Å². The molecule has 0 unspecified atom stereocenters. The lowest BCUT2D eigenvalue weighted by molar-refractivity contribution is -0.118. The lowest BCUT2D eigenvalue weighted by Gasteiger charge is -2.00. The molecule has 98 valence electrons. The van der Waals surface area contributed by atoms with Crippen LogP contribution in [-0.4, -0.2) is 12.5 Å². The number of hydrogen-bond donors (Lipinski definition) is 1. The van der Waals surface area contributed by atoms with Gasteiger partial charge in [-0.1, -0.05) is 43.7 Å². The molecule has 0 radical (unpaired) electrons. The Kier molecular flexibility index (Phi) is 11.7. The third kappa shape index (κ3) is 12.6. The van der Waals surface area contributed by atoms with E-state index >= 15 is 0 Å². The molecule has 0 heterocycles. The van der Waals surface area contributed by atoms with Crippen LogP contribution in [0.2, 0.25) is 0 Å². The molecule has 0 atom stereocenters. The molecule has 0 bridgehead atoms. The second kappa shape index (κ2) is 12.7. The molecule has 0 rings (SSSR count). The van der Waals surface area contributed by atoms with Gasteiger partial charge < -0.3 is 5.84 Å². The van der Waals surface area contributed by atoms with E-state index in [4.69, 9.17) is 5.84 Å². The van der Waals surface area contributed by atoms with Gasteiger partial charge in [-0.25, -0.2) is 0 Å². The number of nitroso groups, excluding NO2 is 1. The maximum absolute atomic E-state index is 10.6. The number of carbonyl (C=O) groups excluding carboxylic acids is 1. The molecule has 0 spiro atoms. The molecule has 1 amide bonds. The molecule has 6 nitrogen and oxygen atoms in total. The SMILES string of the molecule is NN=NCCCCCCCCCCC(=O)N=O. The lowest BCUT2D eigenvalue weighted by atomic mass is 10.1. The summed E-state index contributed by atoms with van der Waals surface area (Å²) < 4.78 is 0. The van der Waals surface area contributed by atoms with E-state index in [1.165, 1.54) is 19.3 Å². The molecule has 0 aromatic heterocycles. The number of hydrogen-bond acceptors (Lipinski definition) is 4. The predicted octanol–water partition coefficient (Wildman–Crippen LogP) is 3.12. The van der Waals surface area contributed by atoms with Crippen LogP contribution in [-0.2, 0) is 4.79 Å². The van der Waals surface area contributed by atoms with Gasteiger partial charge in [0.25, 0.3) is 5.91 Å². The minimum absolute atomic E-state index is 0.299. The standard InChI is InChI=1S/C11H22N4O2/c12-15-13-10-8-6-4-2-1-3-5-7-9-11(16)14-17/h1-10H2,(H2,12,13). The van der Waals surface area contributed by atoms with Crippen molar-refractivity contribution in [3.05, 3.63) is 4.91 Å². The number of carbonyl (C=O) groups is 1. The number of amides is 1. The van der Waals surface area contributed by atoms with Gasteiger partial charge >= 0.3 is 0 Å². The van der Waals surface area contributed by atoms with Gasteiger partial charge in [0.1, 0.15) is 0 Å². The molecule has 0 aromatic rings. The lowest BCUT2D eigenvalue weighted by Crippen LogP contribution is -1.91. The van der Waals surface area contributed by atoms with Gasteiger partial charge in [0.15, 0.2) is 0 Å². The third-order valence-corrected chi connectivity index (χ3v) is 2.58. The van der Waals surface area contributed by atoms with Crippen molar-refractivity contribution in [2.75, 3.05) is 6.54 Å². The summed E-state index contributed by atoms with van der Waals surface area (Å²) in [5, 5.41) is 9.24. The fourth-order valence-corrected chi connectivity index (χ4v) is 1.62. The van der Waals surface area contributed by atoms with E-state index in [0.717, 1.165) is 38.6 Å². The molecule has 0 fully saturated rings. The van der Waals surface area contributed by atoms with Crippen molar-refractivity contribution in [3.63, 3.8) is 0 Å². The van der Waals surface area contributed by atoms with Crippen molar-refractivity contribution < 1.29 is 4.79 Å². The van der Waals surface area contributed by atoms with Crippen molar-refractivity contribution in [1.82, 2.24) is 0 Å². The van der Waals surface area contributed by atoms with Crippen LogP contribution in [0.15, 0.2) is 15.5 Å². The summed E-state index contributed by atoms with van der Waals surface area (Å²) in [7, 11) is 0. The van der Waals surface area contributed by atoms with E-state index in [9.17, 15) is 9.70 Å². The number of rotatable bonds is 11. The minimum Gasteiger partial charge on any atom is -0.305 e. The zero-order valence-electron chi connectivity index (χ0n) is 10.3. The Morgan fingerprint density at radius 1 is 0.882 bits per heavy atom. The second-order valence-corrected chi connectivity index (χ2v) is 4.04. The second-order valence-electron chi connectivity index (χ2n) is 4.04. The molecule has 0 aliphatic heterocycles. The van der Waals surface area contributed by atoms with Crippen LogP contribution < -0.4 is 5.84 Å². The van der Waals surface area contributed by atoms with Crippen molar-refractivity contribution >= 4 is 5.91 Å². The van der Waals surface area contributed by atoms with Crippen LogP contribution in [0, 0.1) is 4.91 Å². The van der Waals surface area contributed by atoms with E-state index in [1.54, 1.807) is 0 Å². The molecular formula is C11H22N4O2. The monoisotopic (exact) mass is 242 g/mol. The average molecular weight is 242 g/mol. The van der Waals surface area contributed by atoms with Gasteiger partial charge in [-0.3, -0.25) is 4.79 Å².